The summed E-state index contributed by atoms with van der Waals surface area (Å²) in [6.07, 6.45) is 40.4. The SMILES string of the molecule is CC(C)CCCCCCCCCCCCCC(=O)OC[C@@H](O)COC(=O)CCC/C=C\C/C=C\C/C=C\C/C=C\CCCCCO. The van der Waals surface area contributed by atoms with Crippen LogP contribution in [0.4, 0.5) is 0 Å². The maximum Gasteiger partial charge on any atom is 0.305 e. The third-order valence-electron chi connectivity index (χ3n) is 7.80. The van der Waals surface area contributed by atoms with Crippen molar-refractivity contribution in [1.29, 1.82) is 0 Å². The van der Waals surface area contributed by atoms with E-state index in [1.807, 2.05) is 0 Å². The van der Waals surface area contributed by atoms with E-state index in [2.05, 4.69) is 62.5 Å². The predicted octanol–water partition coefficient (Wildman–Crippen LogP) is 10.3. The average molecular weight is 647 g/mol. The lowest BCUT2D eigenvalue weighted by Crippen LogP contribution is -2.25. The van der Waals surface area contributed by atoms with Gasteiger partial charge < -0.3 is 19.7 Å². The monoisotopic (exact) mass is 647 g/mol. The van der Waals surface area contributed by atoms with Crippen LogP contribution < -0.4 is 0 Å². The van der Waals surface area contributed by atoms with Gasteiger partial charge in [0.25, 0.3) is 0 Å². The summed E-state index contributed by atoms with van der Waals surface area (Å²) in [4.78, 5) is 23.9. The van der Waals surface area contributed by atoms with Crippen molar-refractivity contribution >= 4 is 11.9 Å². The lowest BCUT2D eigenvalue weighted by Gasteiger charge is -2.12. The molecule has 0 radical (unpaired) electrons. The van der Waals surface area contributed by atoms with Gasteiger partial charge in [0.05, 0.1) is 0 Å². The van der Waals surface area contributed by atoms with Gasteiger partial charge in [-0.05, 0) is 63.7 Å². The summed E-state index contributed by atoms with van der Waals surface area (Å²) >= 11 is 0. The first kappa shape index (κ1) is 43.8. The molecule has 0 aromatic rings. The summed E-state index contributed by atoms with van der Waals surface area (Å²) < 4.78 is 10.3. The zero-order chi connectivity index (χ0) is 33.8. The van der Waals surface area contributed by atoms with Crippen LogP contribution in [-0.2, 0) is 19.1 Å². The molecule has 0 aliphatic rings. The van der Waals surface area contributed by atoms with E-state index in [0.717, 1.165) is 76.5 Å². The van der Waals surface area contributed by atoms with E-state index in [4.69, 9.17) is 14.6 Å². The van der Waals surface area contributed by atoms with Crippen molar-refractivity contribution in [2.24, 2.45) is 5.92 Å². The van der Waals surface area contributed by atoms with E-state index in [-0.39, 0.29) is 25.2 Å². The Labute approximate surface area is 282 Å². The summed E-state index contributed by atoms with van der Waals surface area (Å²) in [5, 5.41) is 18.7. The minimum absolute atomic E-state index is 0.139. The van der Waals surface area contributed by atoms with Crippen LogP contribution in [0.5, 0.6) is 0 Å². The fourth-order valence-electron chi connectivity index (χ4n) is 4.95. The number of carbonyl (C=O) groups is 2. The number of hydrogen-bond acceptors (Lipinski definition) is 6. The van der Waals surface area contributed by atoms with Crippen LogP contribution in [0.2, 0.25) is 0 Å². The molecule has 0 saturated carbocycles. The van der Waals surface area contributed by atoms with Gasteiger partial charge in [0.2, 0.25) is 0 Å². The van der Waals surface area contributed by atoms with E-state index >= 15 is 0 Å². The predicted molar refractivity (Wildman–Crippen MR) is 193 cm³/mol. The second-order valence-corrected chi connectivity index (χ2v) is 12.9. The summed E-state index contributed by atoms with van der Waals surface area (Å²) in [6, 6.07) is 0. The van der Waals surface area contributed by atoms with Gasteiger partial charge in [0, 0.05) is 19.4 Å². The summed E-state index contributed by atoms with van der Waals surface area (Å²) in [5.41, 5.74) is 0. The normalized spacial score (nSPS) is 12.8. The minimum atomic E-state index is -0.992. The van der Waals surface area contributed by atoms with E-state index in [1.165, 1.54) is 57.8 Å². The van der Waals surface area contributed by atoms with Crippen LogP contribution >= 0.6 is 0 Å². The molecule has 0 unspecified atom stereocenters. The number of aliphatic hydroxyl groups is 2. The number of unbranched alkanes of at least 4 members (excludes halogenated alkanes) is 14. The fourth-order valence-corrected chi connectivity index (χ4v) is 4.95. The van der Waals surface area contributed by atoms with Gasteiger partial charge in [-0.1, -0.05) is 140 Å². The Hall–Kier alpha value is -2.18. The molecule has 0 rings (SSSR count). The Morgan fingerprint density at radius 3 is 1.39 bits per heavy atom. The topological polar surface area (TPSA) is 93.1 Å². The molecule has 2 N–H and O–H groups in total. The molecule has 0 aromatic carbocycles. The first-order chi connectivity index (χ1) is 22.5. The number of allylic oxidation sites excluding steroid dienone is 8. The van der Waals surface area contributed by atoms with Crippen LogP contribution in [-0.4, -0.2) is 48.1 Å². The van der Waals surface area contributed by atoms with Crippen LogP contribution in [0.15, 0.2) is 48.6 Å². The highest BCUT2D eigenvalue weighted by molar-refractivity contribution is 5.69. The molecule has 46 heavy (non-hydrogen) atoms. The zero-order valence-corrected chi connectivity index (χ0v) is 29.7. The molecular weight excluding hydrogens is 576 g/mol. The molecular formula is C40H70O6. The number of carbonyl (C=O) groups excluding carboxylic acids is 2. The molecule has 0 aliphatic carbocycles. The Morgan fingerprint density at radius 1 is 0.522 bits per heavy atom. The summed E-state index contributed by atoms with van der Waals surface area (Å²) in [6.45, 7) is 4.59. The summed E-state index contributed by atoms with van der Waals surface area (Å²) in [7, 11) is 0. The van der Waals surface area contributed by atoms with Crippen LogP contribution in [0.25, 0.3) is 0 Å². The van der Waals surface area contributed by atoms with E-state index in [9.17, 15) is 14.7 Å². The van der Waals surface area contributed by atoms with Crippen molar-refractivity contribution in [3.63, 3.8) is 0 Å². The molecule has 0 amide bonds. The Balaban J connectivity index is 3.55. The Kier molecular flexibility index (Phi) is 34.0. The highest BCUT2D eigenvalue weighted by atomic mass is 16.6. The van der Waals surface area contributed by atoms with Crippen molar-refractivity contribution in [3.8, 4) is 0 Å². The fraction of sp³-hybridized carbons (Fsp3) is 0.750. The maximum atomic E-state index is 11.9. The van der Waals surface area contributed by atoms with Crippen LogP contribution in [0, 0.1) is 5.92 Å². The molecule has 0 bridgehead atoms. The molecule has 1 atom stereocenters. The molecule has 0 heterocycles. The minimum Gasteiger partial charge on any atom is -0.463 e. The van der Waals surface area contributed by atoms with Gasteiger partial charge in [-0.3, -0.25) is 9.59 Å². The molecule has 6 nitrogen and oxygen atoms in total. The third kappa shape index (κ3) is 36.3. The Morgan fingerprint density at radius 2 is 0.913 bits per heavy atom. The second-order valence-electron chi connectivity index (χ2n) is 12.9. The van der Waals surface area contributed by atoms with E-state index in [1.54, 1.807) is 0 Å². The van der Waals surface area contributed by atoms with Gasteiger partial charge in [0.1, 0.15) is 19.3 Å². The number of aliphatic hydroxyl groups excluding tert-OH is 2. The van der Waals surface area contributed by atoms with Crippen molar-refractivity contribution < 1.29 is 29.3 Å². The maximum absolute atomic E-state index is 11.9. The van der Waals surface area contributed by atoms with Gasteiger partial charge in [-0.15, -0.1) is 0 Å². The van der Waals surface area contributed by atoms with Gasteiger partial charge >= 0.3 is 11.9 Å². The smallest absolute Gasteiger partial charge is 0.305 e. The van der Waals surface area contributed by atoms with Gasteiger partial charge in [-0.2, -0.15) is 0 Å². The van der Waals surface area contributed by atoms with Crippen molar-refractivity contribution in [2.45, 2.75) is 168 Å². The van der Waals surface area contributed by atoms with E-state index in [0.29, 0.717) is 25.9 Å². The lowest BCUT2D eigenvalue weighted by atomic mass is 10.0. The summed E-state index contributed by atoms with van der Waals surface area (Å²) in [5.74, 6) is 0.185. The van der Waals surface area contributed by atoms with Gasteiger partial charge in [0.15, 0.2) is 0 Å². The second kappa shape index (κ2) is 35.7. The van der Waals surface area contributed by atoms with Crippen molar-refractivity contribution in [2.75, 3.05) is 19.8 Å². The van der Waals surface area contributed by atoms with Crippen molar-refractivity contribution in [3.05, 3.63) is 48.6 Å². The third-order valence-corrected chi connectivity index (χ3v) is 7.80. The van der Waals surface area contributed by atoms with Crippen LogP contribution in [0.1, 0.15) is 162 Å². The number of ether oxygens (including phenoxy) is 2. The number of rotatable bonds is 33. The lowest BCUT2D eigenvalue weighted by molar-refractivity contribution is -0.152. The highest BCUT2D eigenvalue weighted by Gasteiger charge is 2.12. The molecule has 266 valence electrons. The zero-order valence-electron chi connectivity index (χ0n) is 29.7. The van der Waals surface area contributed by atoms with Gasteiger partial charge in [-0.25, -0.2) is 0 Å². The van der Waals surface area contributed by atoms with E-state index < -0.39 is 6.10 Å². The molecule has 6 heteroatoms. The molecule has 0 aromatic heterocycles. The van der Waals surface area contributed by atoms with Crippen molar-refractivity contribution in [1.82, 2.24) is 0 Å². The molecule has 0 saturated heterocycles. The number of esters is 2. The number of hydrogen-bond donors (Lipinski definition) is 2. The highest BCUT2D eigenvalue weighted by Crippen LogP contribution is 2.14. The first-order valence-corrected chi connectivity index (χ1v) is 18.7. The quantitative estimate of drug-likeness (QED) is 0.0419. The first-order valence-electron chi connectivity index (χ1n) is 18.7. The molecule has 0 spiro atoms. The standard InChI is InChI=1S/C40H70O6/c1-37(2)31-27-23-19-15-11-10-13-17-21-25-29-33-40(44)46-36-38(42)35-45-39(43)32-28-24-20-16-12-8-6-4-3-5-7-9-14-18-22-26-30-34-41/h3,5-6,8-9,14,16,20,37-38,41-42H,4,7,10-13,15,17-19,21-36H2,1-2H3/b5-3-,8-6-,14-9-,20-16-/t38-/m0/s1. The Bertz CT molecular complexity index is 798. The largest absolute Gasteiger partial charge is 0.463 e. The molecule has 0 aliphatic heterocycles. The molecule has 0 fully saturated rings. The average Bonchev–Trinajstić information content (AvgIpc) is 3.04. The van der Waals surface area contributed by atoms with Crippen LogP contribution in [0.3, 0.4) is 0 Å².